The Bertz CT molecular complexity index is 630. The largest absolute Gasteiger partial charge is 0.457 e. The highest BCUT2D eigenvalue weighted by Crippen LogP contribution is 2.87. The Morgan fingerprint density at radius 2 is 1.95 bits per heavy atom. The normalized spacial score (nSPS) is 66.7. The van der Waals surface area contributed by atoms with Gasteiger partial charge in [-0.2, -0.15) is 0 Å². The van der Waals surface area contributed by atoms with E-state index in [0.29, 0.717) is 19.3 Å². The Kier molecular flexibility index (Phi) is 1.68. The fraction of sp³-hybridized carbons (Fsp3) is 0.875. The number of rotatable bonds is 0. The number of Topliss-reactive ketones (excluding diaryl/α,β-unsaturated/α-hetero) is 1. The molecule has 5 nitrogen and oxygen atoms in total. The summed E-state index contributed by atoms with van der Waals surface area (Å²) < 4.78 is 12.1. The van der Waals surface area contributed by atoms with Gasteiger partial charge in [-0.25, -0.2) is 0 Å². The SMILES string of the molecule is C[C@@]12CCC(=O)[C@]1(C)C1O[C@]3(C)[C@@H](O)C[C@]24OC(=O)CC134. The minimum Gasteiger partial charge on any atom is -0.457 e. The van der Waals surface area contributed by atoms with Crippen molar-refractivity contribution in [3.8, 4) is 0 Å². The first-order valence-electron chi connectivity index (χ1n) is 7.81. The summed E-state index contributed by atoms with van der Waals surface area (Å²) in [6.45, 7) is 5.94. The van der Waals surface area contributed by atoms with Gasteiger partial charge in [-0.15, -0.1) is 0 Å². The molecule has 0 bridgehead atoms. The van der Waals surface area contributed by atoms with Crippen molar-refractivity contribution < 1.29 is 24.2 Å². The number of carbonyl (C=O) groups excluding carboxylic acids is 2. The van der Waals surface area contributed by atoms with Gasteiger partial charge in [-0.3, -0.25) is 9.59 Å². The molecule has 7 atom stereocenters. The van der Waals surface area contributed by atoms with Gasteiger partial charge < -0.3 is 14.6 Å². The number of hydrogen-bond donors (Lipinski definition) is 1. The first-order valence-corrected chi connectivity index (χ1v) is 7.81. The molecule has 2 aliphatic heterocycles. The minimum atomic E-state index is -0.763. The first-order chi connectivity index (χ1) is 9.70. The zero-order valence-electron chi connectivity index (χ0n) is 12.6. The third-order valence-electron chi connectivity index (χ3n) is 8.24. The van der Waals surface area contributed by atoms with Crippen molar-refractivity contribution in [2.75, 3.05) is 0 Å². The molecule has 0 aromatic carbocycles. The third-order valence-corrected chi connectivity index (χ3v) is 8.24. The molecule has 0 amide bonds. The van der Waals surface area contributed by atoms with Gasteiger partial charge >= 0.3 is 5.97 Å². The van der Waals surface area contributed by atoms with Gasteiger partial charge in [-0.05, 0) is 20.3 Å². The lowest BCUT2D eigenvalue weighted by atomic mass is 9.59. The van der Waals surface area contributed by atoms with Crippen LogP contribution in [0.1, 0.15) is 46.5 Å². The standard InChI is InChI=1S/C16H20O5/c1-12-5-4-8(17)13(12,2)11-15-7-10(19)20-16(12,15)6-9(18)14(15,3)21-11/h9,11,18H,4-7H2,1-3H3/t9-,11?,12+,13+,14+,15?,16-/m0/s1. The number of fused-ring (bicyclic) bond motifs is 2. The fourth-order valence-corrected chi connectivity index (χ4v) is 6.98. The van der Waals surface area contributed by atoms with Crippen molar-refractivity contribution in [2.45, 2.75) is 69.9 Å². The number of aliphatic hydroxyl groups is 1. The number of carbonyl (C=O) groups is 2. The smallest absolute Gasteiger partial charge is 0.307 e. The van der Waals surface area contributed by atoms with Crippen LogP contribution in [0.2, 0.25) is 0 Å². The van der Waals surface area contributed by atoms with E-state index >= 15 is 0 Å². The van der Waals surface area contributed by atoms with Crippen molar-refractivity contribution in [3.05, 3.63) is 0 Å². The molecule has 21 heavy (non-hydrogen) atoms. The molecule has 1 N–H and O–H groups in total. The molecular formula is C16H20O5. The Balaban J connectivity index is 1.85. The van der Waals surface area contributed by atoms with Crippen molar-refractivity contribution in [1.82, 2.24) is 0 Å². The highest BCUT2D eigenvalue weighted by Gasteiger charge is 2.98. The average Bonchev–Trinajstić information content (AvgIpc) is 2.92. The van der Waals surface area contributed by atoms with Crippen LogP contribution >= 0.6 is 0 Å². The van der Waals surface area contributed by atoms with Gasteiger partial charge in [0.2, 0.25) is 0 Å². The van der Waals surface area contributed by atoms with E-state index < -0.39 is 33.6 Å². The van der Waals surface area contributed by atoms with Crippen LogP contribution in [0.25, 0.3) is 0 Å². The van der Waals surface area contributed by atoms with Crippen LogP contribution < -0.4 is 0 Å². The van der Waals surface area contributed by atoms with Crippen molar-refractivity contribution in [1.29, 1.82) is 0 Å². The maximum Gasteiger partial charge on any atom is 0.307 e. The average molecular weight is 292 g/mol. The molecule has 2 saturated heterocycles. The van der Waals surface area contributed by atoms with Crippen LogP contribution in [0.4, 0.5) is 0 Å². The molecule has 5 aliphatic rings. The fourth-order valence-electron chi connectivity index (χ4n) is 6.98. The summed E-state index contributed by atoms with van der Waals surface area (Å²) in [5.41, 5.74) is -3.08. The molecule has 2 unspecified atom stereocenters. The van der Waals surface area contributed by atoms with Crippen molar-refractivity contribution in [2.24, 2.45) is 16.2 Å². The number of esters is 1. The number of ether oxygens (including phenoxy) is 2. The van der Waals surface area contributed by atoms with E-state index in [9.17, 15) is 14.7 Å². The minimum absolute atomic E-state index is 0.205. The summed E-state index contributed by atoms with van der Waals surface area (Å²) in [4.78, 5) is 24.8. The number of aliphatic hydroxyl groups excluding tert-OH is 1. The predicted molar refractivity (Wildman–Crippen MR) is 70.2 cm³/mol. The van der Waals surface area contributed by atoms with Gasteiger partial charge in [0.25, 0.3) is 0 Å². The van der Waals surface area contributed by atoms with E-state index in [1.807, 2.05) is 13.8 Å². The second-order valence-electron chi connectivity index (χ2n) is 8.23. The zero-order valence-corrected chi connectivity index (χ0v) is 12.6. The maximum atomic E-state index is 12.7. The van der Waals surface area contributed by atoms with E-state index in [1.165, 1.54) is 0 Å². The Morgan fingerprint density at radius 3 is 2.67 bits per heavy atom. The highest BCUT2D eigenvalue weighted by molar-refractivity contribution is 5.92. The zero-order chi connectivity index (χ0) is 15.1. The molecule has 5 heteroatoms. The molecule has 114 valence electrons. The van der Waals surface area contributed by atoms with Gasteiger partial charge in [0.15, 0.2) is 0 Å². The highest BCUT2D eigenvalue weighted by atomic mass is 16.6. The Morgan fingerprint density at radius 1 is 1.24 bits per heavy atom. The van der Waals surface area contributed by atoms with Crippen LogP contribution in [-0.4, -0.2) is 40.3 Å². The lowest BCUT2D eigenvalue weighted by Crippen LogP contribution is -2.72. The second-order valence-corrected chi connectivity index (χ2v) is 8.23. The monoisotopic (exact) mass is 292 g/mol. The van der Waals surface area contributed by atoms with E-state index in [-0.39, 0.29) is 24.3 Å². The number of ketones is 1. The molecule has 3 aliphatic carbocycles. The summed E-state index contributed by atoms with van der Waals surface area (Å²) in [5, 5.41) is 10.6. The van der Waals surface area contributed by atoms with Crippen LogP contribution in [0, 0.1) is 16.2 Å². The van der Waals surface area contributed by atoms with Gasteiger partial charge in [0.05, 0.1) is 29.5 Å². The van der Waals surface area contributed by atoms with Gasteiger partial charge in [-0.1, -0.05) is 6.92 Å². The molecule has 1 spiro atoms. The molecule has 3 saturated carbocycles. The van der Waals surface area contributed by atoms with Crippen LogP contribution in [0.15, 0.2) is 0 Å². The van der Waals surface area contributed by atoms with Gasteiger partial charge in [0, 0.05) is 18.3 Å². The Labute approximate surface area is 123 Å². The maximum absolute atomic E-state index is 12.7. The van der Waals surface area contributed by atoms with Crippen LogP contribution in [-0.2, 0) is 19.1 Å². The summed E-state index contributed by atoms with van der Waals surface area (Å²) in [5.74, 6) is 0.0155. The molecule has 2 heterocycles. The first kappa shape index (κ1) is 12.6. The summed E-state index contributed by atoms with van der Waals surface area (Å²) >= 11 is 0. The van der Waals surface area contributed by atoms with Crippen molar-refractivity contribution >= 4 is 11.8 Å². The van der Waals surface area contributed by atoms with E-state index in [2.05, 4.69) is 6.92 Å². The topological polar surface area (TPSA) is 72.8 Å². The summed E-state index contributed by atoms with van der Waals surface area (Å²) in [6.07, 6.45) is 0.932. The molecule has 5 rings (SSSR count). The van der Waals surface area contributed by atoms with Gasteiger partial charge in [0.1, 0.15) is 17.0 Å². The van der Waals surface area contributed by atoms with Crippen LogP contribution in [0.3, 0.4) is 0 Å². The lowest BCUT2D eigenvalue weighted by Gasteiger charge is -2.60. The van der Waals surface area contributed by atoms with E-state index in [4.69, 9.17) is 9.47 Å². The van der Waals surface area contributed by atoms with Crippen LogP contribution in [0.5, 0.6) is 0 Å². The molecule has 0 aromatic heterocycles. The summed E-state index contributed by atoms with van der Waals surface area (Å²) in [6, 6.07) is 0. The molecule has 5 fully saturated rings. The summed E-state index contributed by atoms with van der Waals surface area (Å²) in [7, 11) is 0. The van der Waals surface area contributed by atoms with Crippen molar-refractivity contribution in [3.63, 3.8) is 0 Å². The Hall–Kier alpha value is -0.940. The lowest BCUT2D eigenvalue weighted by molar-refractivity contribution is -0.333. The molecule has 0 radical (unpaired) electrons. The molecular weight excluding hydrogens is 272 g/mol. The second kappa shape index (κ2) is 2.81. The van der Waals surface area contributed by atoms with E-state index in [0.717, 1.165) is 0 Å². The third kappa shape index (κ3) is 0.767. The number of hydrogen-bond acceptors (Lipinski definition) is 5. The van der Waals surface area contributed by atoms with E-state index in [1.54, 1.807) is 0 Å². The predicted octanol–water partition coefficient (Wildman–Crippen LogP) is 0.970. The quantitative estimate of drug-likeness (QED) is 0.674. The molecule has 0 aromatic rings.